The number of hydrogen-bond donors (Lipinski definition) is 2. The maximum absolute atomic E-state index is 4.35. The minimum atomic E-state index is 0.819. The Morgan fingerprint density at radius 2 is 1.81 bits per heavy atom. The third kappa shape index (κ3) is 2.10. The Morgan fingerprint density at radius 1 is 0.952 bits per heavy atom. The van der Waals surface area contributed by atoms with Crippen molar-refractivity contribution in [1.29, 1.82) is 0 Å². The summed E-state index contributed by atoms with van der Waals surface area (Å²) >= 11 is 0. The monoisotopic (exact) mass is 274 g/mol. The summed E-state index contributed by atoms with van der Waals surface area (Å²) in [5, 5.41) is 6.82. The smallest absolute Gasteiger partial charge is 0.143 e. The van der Waals surface area contributed by atoms with Gasteiger partial charge in [-0.15, -0.1) is 0 Å². The van der Waals surface area contributed by atoms with Gasteiger partial charge in [0.15, 0.2) is 0 Å². The Balaban J connectivity index is 1.78. The Bertz CT molecular complexity index is 940. The fourth-order valence-corrected chi connectivity index (χ4v) is 2.57. The molecule has 0 aliphatic rings. The van der Waals surface area contributed by atoms with E-state index < -0.39 is 0 Å². The van der Waals surface area contributed by atoms with Crippen molar-refractivity contribution in [1.82, 2.24) is 15.0 Å². The summed E-state index contributed by atoms with van der Waals surface area (Å²) in [6.45, 7) is 2.02. The van der Waals surface area contributed by atoms with Crippen molar-refractivity contribution >= 4 is 33.3 Å². The molecule has 0 spiro atoms. The van der Waals surface area contributed by atoms with E-state index in [9.17, 15) is 0 Å². The molecule has 2 N–H and O–H groups in total. The molecule has 21 heavy (non-hydrogen) atoms. The number of benzene rings is 2. The standard InChI is InChI=1S/C17H14N4/c1-11-8-15-16(20-11)18-10-19-17(15)21-14-7-6-12-4-2-3-5-13(12)9-14/h2-10H,1H3,(H2,18,19,20,21). The van der Waals surface area contributed by atoms with E-state index in [0.29, 0.717) is 0 Å². The highest BCUT2D eigenvalue weighted by Gasteiger charge is 2.06. The van der Waals surface area contributed by atoms with Crippen LogP contribution in [0.15, 0.2) is 54.9 Å². The molecule has 4 nitrogen and oxygen atoms in total. The molecule has 0 saturated carbocycles. The summed E-state index contributed by atoms with van der Waals surface area (Å²) in [6, 6.07) is 16.7. The van der Waals surface area contributed by atoms with Crippen molar-refractivity contribution in [2.75, 3.05) is 5.32 Å². The summed E-state index contributed by atoms with van der Waals surface area (Å²) in [5.41, 5.74) is 2.95. The maximum Gasteiger partial charge on any atom is 0.143 e. The number of nitrogens with zero attached hydrogens (tertiary/aromatic N) is 2. The van der Waals surface area contributed by atoms with Gasteiger partial charge in [-0.2, -0.15) is 0 Å². The van der Waals surface area contributed by atoms with Gasteiger partial charge >= 0.3 is 0 Å². The maximum atomic E-state index is 4.35. The Hall–Kier alpha value is -2.88. The van der Waals surface area contributed by atoms with Crippen LogP contribution >= 0.6 is 0 Å². The predicted octanol–water partition coefficient (Wildman–Crippen LogP) is 4.16. The lowest BCUT2D eigenvalue weighted by Crippen LogP contribution is -1.94. The number of hydrogen-bond acceptors (Lipinski definition) is 3. The average molecular weight is 274 g/mol. The fourth-order valence-electron chi connectivity index (χ4n) is 2.57. The lowest BCUT2D eigenvalue weighted by molar-refractivity contribution is 1.18. The molecule has 0 unspecified atom stereocenters. The quantitative estimate of drug-likeness (QED) is 0.577. The van der Waals surface area contributed by atoms with Crippen LogP contribution < -0.4 is 5.32 Å². The SMILES string of the molecule is Cc1cc2c(Nc3ccc4ccccc4c3)ncnc2[nH]1. The van der Waals surface area contributed by atoms with E-state index in [1.54, 1.807) is 6.33 Å². The molecule has 0 radical (unpaired) electrons. The second-order valence-electron chi connectivity index (χ2n) is 5.12. The number of H-pyrrole nitrogens is 1. The minimum absolute atomic E-state index is 0.819. The Labute approximate surface area is 121 Å². The van der Waals surface area contributed by atoms with Gasteiger partial charge in [-0.3, -0.25) is 0 Å². The molecule has 0 saturated heterocycles. The van der Waals surface area contributed by atoms with E-state index in [1.165, 1.54) is 10.8 Å². The number of fused-ring (bicyclic) bond motifs is 2. The molecular weight excluding hydrogens is 260 g/mol. The predicted molar refractivity (Wildman–Crippen MR) is 85.9 cm³/mol. The topological polar surface area (TPSA) is 53.6 Å². The summed E-state index contributed by atoms with van der Waals surface area (Å²) < 4.78 is 0. The zero-order valence-electron chi connectivity index (χ0n) is 11.6. The summed E-state index contributed by atoms with van der Waals surface area (Å²) in [6.07, 6.45) is 1.57. The first-order valence-corrected chi connectivity index (χ1v) is 6.86. The number of anilines is 2. The molecule has 4 heteroatoms. The van der Waals surface area contributed by atoms with Crippen molar-refractivity contribution in [3.63, 3.8) is 0 Å². The number of aromatic amines is 1. The van der Waals surface area contributed by atoms with Crippen LogP contribution in [-0.2, 0) is 0 Å². The minimum Gasteiger partial charge on any atom is -0.343 e. The van der Waals surface area contributed by atoms with Crippen LogP contribution in [-0.4, -0.2) is 15.0 Å². The zero-order chi connectivity index (χ0) is 14.2. The fraction of sp³-hybridized carbons (Fsp3) is 0.0588. The molecule has 2 aromatic carbocycles. The Kier molecular flexibility index (Phi) is 2.60. The van der Waals surface area contributed by atoms with Gasteiger partial charge in [0.2, 0.25) is 0 Å². The van der Waals surface area contributed by atoms with E-state index in [-0.39, 0.29) is 0 Å². The van der Waals surface area contributed by atoms with Gasteiger partial charge in [0.1, 0.15) is 17.8 Å². The number of nitrogens with one attached hydrogen (secondary N) is 2. The highest BCUT2D eigenvalue weighted by atomic mass is 15.0. The molecule has 4 rings (SSSR count). The van der Waals surface area contributed by atoms with Crippen molar-refractivity contribution in [3.05, 3.63) is 60.6 Å². The van der Waals surface area contributed by atoms with Crippen LogP contribution in [0.2, 0.25) is 0 Å². The molecule has 0 aliphatic carbocycles. The van der Waals surface area contributed by atoms with Crippen LogP contribution in [0.1, 0.15) is 5.69 Å². The van der Waals surface area contributed by atoms with Gasteiger partial charge < -0.3 is 10.3 Å². The van der Waals surface area contributed by atoms with Crippen molar-refractivity contribution in [2.24, 2.45) is 0 Å². The molecule has 4 aromatic rings. The van der Waals surface area contributed by atoms with Gasteiger partial charge in [-0.25, -0.2) is 9.97 Å². The van der Waals surface area contributed by atoms with Crippen molar-refractivity contribution in [3.8, 4) is 0 Å². The summed E-state index contributed by atoms with van der Waals surface area (Å²) in [7, 11) is 0. The second kappa shape index (κ2) is 4.59. The lowest BCUT2D eigenvalue weighted by atomic mass is 10.1. The first-order valence-electron chi connectivity index (χ1n) is 6.86. The van der Waals surface area contributed by atoms with Crippen LogP contribution in [0.3, 0.4) is 0 Å². The first kappa shape index (κ1) is 11.9. The molecule has 0 amide bonds. The van der Waals surface area contributed by atoms with Gasteiger partial charge in [0.05, 0.1) is 5.39 Å². The van der Waals surface area contributed by atoms with E-state index in [2.05, 4.69) is 56.7 Å². The molecule has 0 atom stereocenters. The number of aromatic nitrogens is 3. The molecule has 0 fully saturated rings. The van der Waals surface area contributed by atoms with Crippen LogP contribution in [0.25, 0.3) is 21.8 Å². The normalized spacial score (nSPS) is 11.1. The van der Waals surface area contributed by atoms with Crippen LogP contribution in [0.5, 0.6) is 0 Å². The number of rotatable bonds is 2. The van der Waals surface area contributed by atoms with Gasteiger partial charge in [-0.1, -0.05) is 30.3 Å². The largest absolute Gasteiger partial charge is 0.343 e. The zero-order valence-corrected chi connectivity index (χ0v) is 11.6. The van der Waals surface area contributed by atoms with Crippen LogP contribution in [0, 0.1) is 6.92 Å². The molecule has 0 bridgehead atoms. The third-order valence-electron chi connectivity index (χ3n) is 3.57. The van der Waals surface area contributed by atoms with Gasteiger partial charge in [0.25, 0.3) is 0 Å². The molecule has 0 aliphatic heterocycles. The third-order valence-corrected chi connectivity index (χ3v) is 3.57. The number of aryl methyl sites for hydroxylation is 1. The molecular formula is C17H14N4. The van der Waals surface area contributed by atoms with E-state index in [0.717, 1.165) is 28.2 Å². The van der Waals surface area contributed by atoms with Crippen molar-refractivity contribution in [2.45, 2.75) is 6.92 Å². The summed E-state index contributed by atoms with van der Waals surface area (Å²) in [4.78, 5) is 11.8. The van der Waals surface area contributed by atoms with Gasteiger partial charge in [-0.05, 0) is 35.9 Å². The highest BCUT2D eigenvalue weighted by Crippen LogP contribution is 2.25. The van der Waals surface area contributed by atoms with E-state index >= 15 is 0 Å². The lowest BCUT2D eigenvalue weighted by Gasteiger charge is -2.07. The molecule has 2 heterocycles. The molecule has 2 aromatic heterocycles. The van der Waals surface area contributed by atoms with E-state index in [1.807, 2.05) is 19.1 Å². The second-order valence-corrected chi connectivity index (χ2v) is 5.12. The van der Waals surface area contributed by atoms with Crippen LogP contribution in [0.4, 0.5) is 11.5 Å². The first-order chi connectivity index (χ1) is 10.3. The summed E-state index contributed by atoms with van der Waals surface area (Å²) in [5.74, 6) is 0.819. The van der Waals surface area contributed by atoms with Crippen molar-refractivity contribution < 1.29 is 0 Å². The van der Waals surface area contributed by atoms with E-state index in [4.69, 9.17) is 0 Å². The Morgan fingerprint density at radius 3 is 2.71 bits per heavy atom. The highest BCUT2D eigenvalue weighted by molar-refractivity contribution is 5.91. The molecule has 102 valence electrons. The van der Waals surface area contributed by atoms with Gasteiger partial charge in [0, 0.05) is 11.4 Å². The average Bonchev–Trinajstić information content (AvgIpc) is 2.89.